The molecule has 248 valence electrons. The van der Waals surface area contributed by atoms with E-state index in [2.05, 4.69) is 41.2 Å². The molecule has 10 nitrogen and oxygen atoms in total. The summed E-state index contributed by atoms with van der Waals surface area (Å²) in [5.41, 5.74) is 2.07. The van der Waals surface area contributed by atoms with Crippen molar-refractivity contribution >= 4 is 36.8 Å². The highest BCUT2D eigenvalue weighted by Crippen LogP contribution is 2.43. The maximum Gasteiger partial charge on any atom is 0.269 e. The van der Waals surface area contributed by atoms with Crippen LogP contribution in [-0.2, 0) is 22.8 Å². The van der Waals surface area contributed by atoms with Crippen molar-refractivity contribution in [3.63, 3.8) is 0 Å². The molecule has 0 fully saturated rings. The minimum atomic E-state index is -3.27. The summed E-state index contributed by atoms with van der Waals surface area (Å²) in [7, 11) is -14.8. The molecule has 39 heavy (non-hydrogen) atoms. The number of hydrogen-bond acceptors (Lipinski definition) is 5. The molecular formula is C24H67O10P5. The molecule has 5 unspecified atom stereocenters. The Morgan fingerprint density at radius 3 is 1.03 bits per heavy atom. The zero-order valence-corrected chi connectivity index (χ0v) is 25.6. The smallest absolute Gasteiger partial charge is 0.269 e. The standard InChI is InChI=1S/C9H5O2P.C4H12O4P2.C4H11O2P.C3H9O2P.4CH4.7H2/c1-3-4-5-6-7-8-9-12(2,10)11;1-9(5,6)3-4-10(2,7)8;1-3-4-7(2,5)6;1-3-6(2,4)5;;;;;;;;;;;/h1H,2H3,(H,10,11);3-4H2,1-2H3,(H,5,6)(H,7,8);3-4H2,1-2H3,(H,5,6);3H2,1-2H3,(H,4,5);4*1H4;7*1H. The van der Waals surface area contributed by atoms with Crippen LogP contribution >= 0.6 is 36.8 Å². The van der Waals surface area contributed by atoms with Crippen LogP contribution in [0.5, 0.6) is 0 Å². The van der Waals surface area contributed by atoms with Crippen molar-refractivity contribution in [3.8, 4) is 47.6 Å². The predicted molar refractivity (Wildman–Crippen MR) is 188 cm³/mol. The van der Waals surface area contributed by atoms with E-state index in [9.17, 15) is 22.8 Å². The van der Waals surface area contributed by atoms with E-state index in [1.807, 2.05) is 6.92 Å². The van der Waals surface area contributed by atoms with Gasteiger partial charge in [0.15, 0.2) is 29.5 Å². The first-order chi connectivity index (χ1) is 15.4. The minimum absolute atomic E-state index is 0. The van der Waals surface area contributed by atoms with Crippen LogP contribution in [0, 0.1) is 47.6 Å². The van der Waals surface area contributed by atoms with Crippen molar-refractivity contribution in [1.29, 1.82) is 0 Å². The Morgan fingerprint density at radius 1 is 0.564 bits per heavy atom. The van der Waals surface area contributed by atoms with Gasteiger partial charge in [-0.3, -0.25) is 22.8 Å². The summed E-state index contributed by atoms with van der Waals surface area (Å²) in [4.78, 5) is 43.0. The number of terminal acetylenes is 1. The fourth-order valence-electron chi connectivity index (χ4n) is 1.05. The molecule has 0 amide bonds. The number of rotatable bonds is 6. The molecule has 15 heteroatoms. The fourth-order valence-corrected chi connectivity index (χ4v) is 5.11. The van der Waals surface area contributed by atoms with Gasteiger partial charge >= 0.3 is 0 Å². The van der Waals surface area contributed by atoms with Crippen molar-refractivity contribution in [2.24, 2.45) is 0 Å². The molecular weight excluding hydrogens is 603 g/mol. The zero-order chi connectivity index (χ0) is 29.0. The largest absolute Gasteiger partial charge is 0.344 e. The van der Waals surface area contributed by atoms with Crippen LogP contribution in [0.2, 0.25) is 0 Å². The third-order valence-corrected chi connectivity index (χ3v) is 8.18. The van der Waals surface area contributed by atoms with Gasteiger partial charge in [0, 0.05) is 73.6 Å². The van der Waals surface area contributed by atoms with Crippen LogP contribution in [-0.4, -0.2) is 82.4 Å². The van der Waals surface area contributed by atoms with Gasteiger partial charge in [-0.2, -0.15) is 0 Å². The predicted octanol–water partition coefficient (Wildman–Crippen LogP) is 7.74. The molecule has 0 aliphatic heterocycles. The van der Waals surface area contributed by atoms with Crippen LogP contribution < -0.4 is 0 Å². The molecule has 0 aromatic rings. The van der Waals surface area contributed by atoms with E-state index in [0.717, 1.165) is 13.1 Å². The lowest BCUT2D eigenvalue weighted by molar-refractivity contribution is 0.474. The lowest BCUT2D eigenvalue weighted by Crippen LogP contribution is -1.94. The zero-order valence-electron chi connectivity index (χ0n) is 21.1. The van der Waals surface area contributed by atoms with Gasteiger partial charge < -0.3 is 24.5 Å². The molecule has 0 radical (unpaired) electrons. The average Bonchev–Trinajstić information content (AvgIpc) is 2.61. The molecule has 0 heterocycles. The normalized spacial score (nSPS) is 15.8. The molecule has 5 atom stereocenters. The summed E-state index contributed by atoms with van der Waals surface area (Å²) in [6.45, 7) is 9.83. The highest BCUT2D eigenvalue weighted by molar-refractivity contribution is 7.62. The second kappa shape index (κ2) is 28.7. The van der Waals surface area contributed by atoms with E-state index in [0.29, 0.717) is 12.3 Å². The fraction of sp³-hybridized carbons (Fsp3) is 0.667. The molecule has 5 N–H and O–H groups in total. The van der Waals surface area contributed by atoms with Gasteiger partial charge in [-0.15, -0.1) is 6.42 Å². The Bertz CT molecular complexity index is 1080. The Hall–Kier alpha value is -0.810. The quantitative estimate of drug-likeness (QED) is 0.138. The summed E-state index contributed by atoms with van der Waals surface area (Å²) in [5.74, 6) is 13.4. The van der Waals surface area contributed by atoms with E-state index in [4.69, 9.17) is 30.9 Å². The van der Waals surface area contributed by atoms with Crippen molar-refractivity contribution in [3.05, 3.63) is 0 Å². The average molecular weight is 671 g/mol. The van der Waals surface area contributed by atoms with Crippen LogP contribution in [0.1, 0.15) is 60.0 Å². The maximum atomic E-state index is 10.6. The van der Waals surface area contributed by atoms with Crippen LogP contribution in [0.4, 0.5) is 0 Å². The first kappa shape index (κ1) is 58.0. The minimum Gasteiger partial charge on any atom is -0.344 e. The summed E-state index contributed by atoms with van der Waals surface area (Å²) >= 11 is 0. The Kier molecular flexibility index (Phi) is 42.7. The van der Waals surface area contributed by atoms with Crippen molar-refractivity contribution in [2.45, 2.75) is 50.0 Å². The van der Waals surface area contributed by atoms with E-state index in [1.165, 1.54) is 26.7 Å². The lowest BCUT2D eigenvalue weighted by atomic mass is 10.5. The first-order valence-electron chi connectivity index (χ1n) is 9.84. The lowest BCUT2D eigenvalue weighted by Gasteiger charge is -2.06. The molecule has 0 spiro atoms. The van der Waals surface area contributed by atoms with Crippen molar-refractivity contribution in [2.75, 3.05) is 58.0 Å². The Balaban J connectivity index is -0.0000000203. The van der Waals surface area contributed by atoms with Crippen LogP contribution in [0.15, 0.2) is 0 Å². The molecule has 0 aromatic carbocycles. The highest BCUT2D eigenvalue weighted by Gasteiger charge is 2.16. The summed E-state index contributed by atoms with van der Waals surface area (Å²) in [5, 5.41) is 0. The van der Waals surface area contributed by atoms with Crippen LogP contribution in [0.25, 0.3) is 0 Å². The van der Waals surface area contributed by atoms with Gasteiger partial charge in [0.25, 0.3) is 7.37 Å². The van der Waals surface area contributed by atoms with Crippen molar-refractivity contribution in [1.82, 2.24) is 0 Å². The van der Waals surface area contributed by atoms with Crippen molar-refractivity contribution < 1.29 is 57.3 Å². The molecule has 0 aliphatic rings. The summed E-state index contributed by atoms with van der Waals surface area (Å²) in [6.07, 6.45) is 6.29. The SMILES string of the molecule is C.C.C.C.C#CC#CC#CC#CP(C)(=O)O.CCCP(C)(=O)O.CCP(C)(=O)O.CP(=O)(O)CCP(C)(=O)O.[HH].[HH].[HH].[HH].[HH].[HH].[HH]. The molecule has 0 aromatic heterocycles. The molecule has 0 rings (SSSR count). The molecule has 0 bridgehead atoms. The third-order valence-electron chi connectivity index (χ3n) is 2.74. The topological polar surface area (TPSA) is 186 Å². The monoisotopic (exact) mass is 670 g/mol. The van der Waals surface area contributed by atoms with E-state index < -0.39 is 36.8 Å². The molecule has 0 aliphatic carbocycles. The first-order valence-corrected chi connectivity index (χ1v) is 21.1. The maximum absolute atomic E-state index is 10.6. The Labute approximate surface area is 249 Å². The molecule has 0 saturated carbocycles. The number of hydrogen-bond donors (Lipinski definition) is 5. The second-order valence-electron chi connectivity index (χ2n) is 7.45. The van der Waals surface area contributed by atoms with E-state index in [-0.39, 0.29) is 52.0 Å². The Morgan fingerprint density at radius 2 is 0.846 bits per heavy atom. The van der Waals surface area contributed by atoms with Gasteiger partial charge in [-0.05, 0) is 41.9 Å². The van der Waals surface area contributed by atoms with Gasteiger partial charge in [-0.1, -0.05) is 43.6 Å². The highest BCUT2D eigenvalue weighted by atomic mass is 31.2. The molecule has 0 saturated heterocycles. The van der Waals surface area contributed by atoms with Gasteiger partial charge in [-0.25, -0.2) is 0 Å². The summed E-state index contributed by atoms with van der Waals surface area (Å²) in [6, 6.07) is 0. The van der Waals surface area contributed by atoms with E-state index >= 15 is 0 Å². The van der Waals surface area contributed by atoms with Gasteiger partial charge in [0.2, 0.25) is 0 Å². The third kappa shape index (κ3) is 93.5. The summed E-state index contributed by atoms with van der Waals surface area (Å²) < 4.78 is 52.2. The van der Waals surface area contributed by atoms with Gasteiger partial charge in [0.05, 0.1) is 0 Å². The van der Waals surface area contributed by atoms with Gasteiger partial charge in [0.1, 0.15) is 0 Å². The van der Waals surface area contributed by atoms with E-state index in [1.54, 1.807) is 6.92 Å². The second-order valence-corrected chi connectivity index (χ2v) is 19.8. The van der Waals surface area contributed by atoms with Crippen LogP contribution in [0.3, 0.4) is 0 Å².